The van der Waals surface area contributed by atoms with Gasteiger partial charge in [0.25, 0.3) is 0 Å². The summed E-state index contributed by atoms with van der Waals surface area (Å²) in [6, 6.07) is 0. The molecular weight excluding hydrogens is 126 g/mol. The molecule has 1 aliphatic rings. The molecule has 0 amide bonds. The SMILES string of the molecule is C=CC1(C)NCCCC1=O. The molecule has 2 nitrogen and oxygen atoms in total. The number of hydrogen-bond donors (Lipinski definition) is 1. The average molecular weight is 139 g/mol. The molecule has 1 rings (SSSR count). The van der Waals surface area contributed by atoms with Gasteiger partial charge in [-0.05, 0) is 19.9 Å². The van der Waals surface area contributed by atoms with Crippen LogP contribution in [0, 0.1) is 0 Å². The Labute approximate surface area is 61.3 Å². The predicted octanol–water partition coefficient (Wildman–Crippen LogP) is 0.884. The third-order valence-corrected chi connectivity index (χ3v) is 2.06. The molecule has 0 saturated carbocycles. The minimum absolute atomic E-state index is 0.258. The van der Waals surface area contributed by atoms with Crippen LogP contribution in [-0.2, 0) is 4.79 Å². The van der Waals surface area contributed by atoms with E-state index in [1.54, 1.807) is 6.08 Å². The van der Waals surface area contributed by atoms with E-state index in [0.29, 0.717) is 6.42 Å². The van der Waals surface area contributed by atoms with Crippen molar-refractivity contribution in [2.75, 3.05) is 6.54 Å². The first-order chi connectivity index (χ1) is 4.69. The Bertz CT molecular complexity index is 165. The first-order valence-corrected chi connectivity index (χ1v) is 3.61. The third kappa shape index (κ3) is 1.12. The highest BCUT2D eigenvalue weighted by Gasteiger charge is 2.30. The molecule has 1 unspecified atom stereocenters. The first-order valence-electron chi connectivity index (χ1n) is 3.61. The minimum Gasteiger partial charge on any atom is -0.302 e. The number of rotatable bonds is 1. The van der Waals surface area contributed by atoms with Gasteiger partial charge in [0.05, 0.1) is 5.54 Å². The molecule has 1 atom stereocenters. The molecule has 0 radical (unpaired) electrons. The van der Waals surface area contributed by atoms with Crippen LogP contribution in [0.4, 0.5) is 0 Å². The van der Waals surface area contributed by atoms with Gasteiger partial charge in [0.1, 0.15) is 0 Å². The van der Waals surface area contributed by atoms with Crippen LogP contribution in [0.25, 0.3) is 0 Å². The summed E-state index contributed by atoms with van der Waals surface area (Å²) in [5, 5.41) is 3.13. The molecule has 0 spiro atoms. The van der Waals surface area contributed by atoms with E-state index < -0.39 is 5.54 Å². The van der Waals surface area contributed by atoms with E-state index in [-0.39, 0.29) is 5.78 Å². The van der Waals surface area contributed by atoms with E-state index in [1.165, 1.54) is 0 Å². The average Bonchev–Trinajstić information content (AvgIpc) is 1.96. The van der Waals surface area contributed by atoms with Crippen LogP contribution in [-0.4, -0.2) is 17.9 Å². The van der Waals surface area contributed by atoms with Crippen LogP contribution < -0.4 is 5.32 Å². The number of carbonyl (C=O) groups excluding carboxylic acids is 1. The smallest absolute Gasteiger partial charge is 0.156 e. The van der Waals surface area contributed by atoms with Gasteiger partial charge in [0.2, 0.25) is 0 Å². The van der Waals surface area contributed by atoms with Crippen LogP contribution in [0.5, 0.6) is 0 Å². The lowest BCUT2D eigenvalue weighted by atomic mass is 9.90. The molecule has 1 N–H and O–H groups in total. The molecule has 1 saturated heterocycles. The third-order valence-electron chi connectivity index (χ3n) is 2.06. The Morgan fingerprint density at radius 1 is 1.80 bits per heavy atom. The van der Waals surface area contributed by atoms with E-state index in [0.717, 1.165) is 13.0 Å². The van der Waals surface area contributed by atoms with Crippen molar-refractivity contribution in [2.45, 2.75) is 25.3 Å². The molecule has 0 aromatic rings. The maximum Gasteiger partial charge on any atom is 0.156 e. The van der Waals surface area contributed by atoms with Crippen LogP contribution in [0.3, 0.4) is 0 Å². The summed E-state index contributed by atoms with van der Waals surface area (Å²) in [4.78, 5) is 11.2. The molecule has 0 bridgehead atoms. The van der Waals surface area contributed by atoms with Crippen LogP contribution in [0.15, 0.2) is 12.7 Å². The molecule has 2 heteroatoms. The summed E-state index contributed by atoms with van der Waals surface area (Å²) in [7, 11) is 0. The lowest BCUT2D eigenvalue weighted by Gasteiger charge is -2.29. The van der Waals surface area contributed by atoms with Crippen LogP contribution in [0.1, 0.15) is 19.8 Å². The number of hydrogen-bond acceptors (Lipinski definition) is 2. The van der Waals surface area contributed by atoms with Gasteiger partial charge in [-0.25, -0.2) is 0 Å². The van der Waals surface area contributed by atoms with E-state index in [4.69, 9.17) is 0 Å². The van der Waals surface area contributed by atoms with Crippen molar-refractivity contribution in [3.05, 3.63) is 12.7 Å². The van der Waals surface area contributed by atoms with Crippen molar-refractivity contribution in [3.8, 4) is 0 Å². The first kappa shape index (κ1) is 7.48. The van der Waals surface area contributed by atoms with E-state index in [1.807, 2.05) is 6.92 Å². The van der Waals surface area contributed by atoms with Crippen LogP contribution in [0.2, 0.25) is 0 Å². The lowest BCUT2D eigenvalue weighted by Crippen LogP contribution is -2.51. The topological polar surface area (TPSA) is 29.1 Å². The summed E-state index contributed by atoms with van der Waals surface area (Å²) in [5.41, 5.74) is -0.446. The molecule has 0 aromatic carbocycles. The molecular formula is C8H13NO. The molecule has 0 aromatic heterocycles. The van der Waals surface area contributed by atoms with E-state index in [9.17, 15) is 4.79 Å². The molecule has 1 fully saturated rings. The summed E-state index contributed by atoms with van der Waals surface area (Å²) < 4.78 is 0. The molecule has 10 heavy (non-hydrogen) atoms. The molecule has 0 aliphatic carbocycles. The fourth-order valence-corrected chi connectivity index (χ4v) is 1.14. The Morgan fingerprint density at radius 3 is 2.90 bits per heavy atom. The Balaban J connectivity index is 2.72. The van der Waals surface area contributed by atoms with Crippen molar-refractivity contribution in [2.24, 2.45) is 0 Å². The van der Waals surface area contributed by atoms with Crippen molar-refractivity contribution in [1.29, 1.82) is 0 Å². The van der Waals surface area contributed by atoms with Gasteiger partial charge in [-0.15, -0.1) is 6.58 Å². The quantitative estimate of drug-likeness (QED) is 0.546. The number of ketones is 1. The molecule has 1 heterocycles. The van der Waals surface area contributed by atoms with Crippen LogP contribution >= 0.6 is 0 Å². The Hall–Kier alpha value is -0.630. The van der Waals surface area contributed by atoms with Crippen molar-refractivity contribution in [3.63, 3.8) is 0 Å². The van der Waals surface area contributed by atoms with Gasteiger partial charge in [-0.3, -0.25) is 4.79 Å². The van der Waals surface area contributed by atoms with Gasteiger partial charge in [0.15, 0.2) is 5.78 Å². The van der Waals surface area contributed by atoms with Gasteiger partial charge in [0, 0.05) is 6.42 Å². The van der Waals surface area contributed by atoms with E-state index in [2.05, 4.69) is 11.9 Å². The second-order valence-corrected chi connectivity index (χ2v) is 2.86. The van der Waals surface area contributed by atoms with Crippen molar-refractivity contribution >= 4 is 5.78 Å². The molecule has 56 valence electrons. The zero-order valence-corrected chi connectivity index (χ0v) is 6.31. The minimum atomic E-state index is -0.446. The monoisotopic (exact) mass is 139 g/mol. The predicted molar refractivity (Wildman–Crippen MR) is 40.8 cm³/mol. The van der Waals surface area contributed by atoms with E-state index >= 15 is 0 Å². The highest BCUT2D eigenvalue weighted by Crippen LogP contribution is 2.14. The second kappa shape index (κ2) is 2.54. The lowest BCUT2D eigenvalue weighted by molar-refractivity contribution is -0.124. The molecule has 1 aliphatic heterocycles. The van der Waals surface area contributed by atoms with Gasteiger partial charge in [-0.1, -0.05) is 6.08 Å². The van der Waals surface area contributed by atoms with Crippen molar-refractivity contribution < 1.29 is 4.79 Å². The maximum atomic E-state index is 11.2. The van der Waals surface area contributed by atoms with Gasteiger partial charge >= 0.3 is 0 Å². The summed E-state index contributed by atoms with van der Waals surface area (Å²) in [6.07, 6.45) is 3.34. The largest absolute Gasteiger partial charge is 0.302 e. The van der Waals surface area contributed by atoms with Crippen molar-refractivity contribution in [1.82, 2.24) is 5.32 Å². The van der Waals surface area contributed by atoms with Gasteiger partial charge in [-0.2, -0.15) is 0 Å². The van der Waals surface area contributed by atoms with Gasteiger partial charge < -0.3 is 5.32 Å². The highest BCUT2D eigenvalue weighted by molar-refractivity contribution is 5.90. The zero-order chi connectivity index (χ0) is 7.61. The summed E-state index contributed by atoms with van der Waals surface area (Å²) in [6.45, 7) is 6.42. The maximum absolute atomic E-state index is 11.2. The Morgan fingerprint density at radius 2 is 2.50 bits per heavy atom. The summed E-state index contributed by atoms with van der Waals surface area (Å²) in [5.74, 6) is 0.258. The Kier molecular flexibility index (Phi) is 1.90. The number of nitrogens with one attached hydrogen (secondary N) is 1. The number of piperidine rings is 1. The number of Topliss-reactive ketones (excluding diaryl/α,β-unsaturated/α-hetero) is 1. The standard InChI is InChI=1S/C8H13NO/c1-3-8(2)7(10)5-4-6-9-8/h3,9H,1,4-6H2,2H3. The normalized spacial score (nSPS) is 33.9. The summed E-state index contributed by atoms with van der Waals surface area (Å²) >= 11 is 0. The second-order valence-electron chi connectivity index (χ2n) is 2.86. The fraction of sp³-hybridized carbons (Fsp3) is 0.625. The fourth-order valence-electron chi connectivity index (χ4n) is 1.14. The highest BCUT2D eigenvalue weighted by atomic mass is 16.1. The zero-order valence-electron chi connectivity index (χ0n) is 6.31. The number of carbonyl (C=O) groups is 1.